The van der Waals surface area contributed by atoms with Crippen LogP contribution in [0.1, 0.15) is 24.8 Å². The summed E-state index contributed by atoms with van der Waals surface area (Å²) < 4.78 is 17.5. The maximum absolute atomic E-state index is 10.1. The van der Waals surface area contributed by atoms with Crippen LogP contribution in [0.25, 0.3) is 21.7 Å². The van der Waals surface area contributed by atoms with Crippen LogP contribution in [0.3, 0.4) is 0 Å². The van der Waals surface area contributed by atoms with Gasteiger partial charge in [0, 0.05) is 55.2 Å². The summed E-state index contributed by atoms with van der Waals surface area (Å²) in [4.78, 5) is 12.5. The van der Waals surface area contributed by atoms with E-state index < -0.39 is 0 Å². The molecule has 11 heteroatoms. The Hall–Kier alpha value is -3.66. The number of piperidine rings is 1. The summed E-state index contributed by atoms with van der Waals surface area (Å²) in [5, 5.41) is 23.1. The van der Waals surface area contributed by atoms with Gasteiger partial charge in [-0.25, -0.2) is 9.97 Å². The molecular weight excluding hydrogens is 571 g/mol. The molecule has 2 aromatic heterocycles. The van der Waals surface area contributed by atoms with Crippen molar-refractivity contribution in [3.8, 4) is 39.3 Å². The number of ether oxygens (including phenoxy) is 2. The summed E-state index contributed by atoms with van der Waals surface area (Å²) in [5.41, 5.74) is 3.67. The monoisotopic (exact) mass is 603 g/mol. The lowest BCUT2D eigenvalue weighted by molar-refractivity contribution is 0.0800. The van der Waals surface area contributed by atoms with Gasteiger partial charge in [0.15, 0.2) is 0 Å². The lowest BCUT2D eigenvalue weighted by Crippen LogP contribution is -2.36. The molecule has 1 aliphatic rings. The van der Waals surface area contributed by atoms with Crippen molar-refractivity contribution in [1.29, 1.82) is 5.26 Å². The number of hydrogen-bond donors (Lipinski definition) is 2. The number of aromatic nitrogens is 2. The summed E-state index contributed by atoms with van der Waals surface area (Å²) >= 11 is 2.62. The van der Waals surface area contributed by atoms with Gasteiger partial charge < -0.3 is 29.0 Å². The maximum atomic E-state index is 10.1. The minimum atomic E-state index is -0.153. The van der Waals surface area contributed by atoms with Crippen molar-refractivity contribution in [3.63, 3.8) is 0 Å². The number of nitrogens with one attached hydrogen (secondary N) is 1. The van der Waals surface area contributed by atoms with Crippen molar-refractivity contribution >= 4 is 35.0 Å². The fraction of sp³-hybridized carbons (Fsp3) is 0.323. The molecule has 1 fully saturated rings. The van der Waals surface area contributed by atoms with E-state index in [0.717, 1.165) is 82.6 Å². The van der Waals surface area contributed by atoms with Crippen LogP contribution >= 0.6 is 23.4 Å². The summed E-state index contributed by atoms with van der Waals surface area (Å²) in [6, 6.07) is 19.6. The summed E-state index contributed by atoms with van der Waals surface area (Å²) in [6.45, 7) is 3.46. The number of hydrogen-bond acceptors (Lipinski definition) is 11. The van der Waals surface area contributed by atoms with Crippen molar-refractivity contribution in [2.75, 3.05) is 45.8 Å². The average Bonchev–Trinajstić information content (AvgIpc) is 3.39. The number of anilines is 2. The number of benzene rings is 2. The topological polar surface area (TPSA) is 113 Å². The Bertz CT molecular complexity index is 1530. The number of aliphatic hydroxyl groups excluding tert-OH is 1. The van der Waals surface area contributed by atoms with Gasteiger partial charge >= 0.3 is 0 Å². The first kappa shape index (κ1) is 29.8. The molecule has 0 atom stereocenters. The highest BCUT2D eigenvalue weighted by Crippen LogP contribution is 2.47. The highest BCUT2D eigenvalue weighted by molar-refractivity contribution is 7.96. The molecule has 0 bridgehead atoms. The number of aliphatic hydroxyl groups is 1. The third-order valence-electron chi connectivity index (χ3n) is 6.93. The van der Waals surface area contributed by atoms with Gasteiger partial charge in [0.2, 0.25) is 5.95 Å². The molecule has 5 rings (SSSR count). The highest BCUT2D eigenvalue weighted by Gasteiger charge is 2.23. The second-order valence-electron chi connectivity index (χ2n) is 9.76. The minimum Gasteiger partial charge on any atom is -0.497 e. The van der Waals surface area contributed by atoms with Gasteiger partial charge in [-0.05, 0) is 55.2 Å². The molecule has 1 saturated heterocycles. The van der Waals surface area contributed by atoms with Crippen molar-refractivity contribution in [2.24, 2.45) is 0 Å². The Labute approximate surface area is 254 Å². The first-order chi connectivity index (χ1) is 20.6. The van der Waals surface area contributed by atoms with Crippen molar-refractivity contribution < 1.29 is 18.8 Å². The van der Waals surface area contributed by atoms with E-state index in [9.17, 15) is 10.4 Å². The number of likely N-dealkylation sites (tertiary alicyclic amines) is 1. The van der Waals surface area contributed by atoms with Crippen LogP contribution < -0.4 is 14.8 Å². The highest BCUT2D eigenvalue weighted by atomic mass is 32.2. The standard InChI is InChI=1S/C31H33N5O4S2/c1-38-24-8-3-6-21(18-24)28-26(20-32)30(42-39-2)41-29(28)27-10-13-33-31(35-27)34-22-7-4-9-25(19-22)40-17-5-14-36-15-11-23(37)12-16-36/h3-4,6-10,13,18-19,23,37H,5,11-12,14-17H2,1-2H3,(H,33,34,35). The Morgan fingerprint density at radius 3 is 2.71 bits per heavy atom. The molecule has 3 heterocycles. The summed E-state index contributed by atoms with van der Waals surface area (Å²) in [7, 11) is 3.21. The van der Waals surface area contributed by atoms with Crippen molar-refractivity contribution in [2.45, 2.75) is 29.6 Å². The SMILES string of the molecule is COSc1sc(-c2ccnc(Nc3cccc(OCCCN4CCC(O)CC4)c3)n2)c(-c2cccc(OC)c2)c1C#N. The van der Waals surface area contributed by atoms with E-state index >= 15 is 0 Å². The van der Waals surface area contributed by atoms with Crippen LogP contribution in [-0.4, -0.2) is 66.5 Å². The second kappa shape index (κ2) is 14.5. The van der Waals surface area contributed by atoms with Gasteiger partial charge in [0.1, 0.15) is 21.8 Å². The smallest absolute Gasteiger partial charge is 0.227 e. The van der Waals surface area contributed by atoms with E-state index in [1.165, 1.54) is 11.3 Å². The maximum Gasteiger partial charge on any atom is 0.227 e. The first-order valence-corrected chi connectivity index (χ1v) is 15.3. The molecule has 218 valence electrons. The van der Waals surface area contributed by atoms with E-state index in [0.29, 0.717) is 29.6 Å². The third kappa shape index (κ3) is 7.40. The first-order valence-electron chi connectivity index (χ1n) is 13.7. The number of rotatable bonds is 12. The van der Waals surface area contributed by atoms with Gasteiger partial charge in [-0.15, -0.1) is 11.3 Å². The predicted molar refractivity (Wildman–Crippen MR) is 166 cm³/mol. The Morgan fingerprint density at radius 2 is 1.93 bits per heavy atom. The zero-order valence-corrected chi connectivity index (χ0v) is 25.2. The van der Waals surface area contributed by atoms with Gasteiger partial charge in [0.25, 0.3) is 0 Å². The molecule has 0 amide bonds. The summed E-state index contributed by atoms with van der Waals surface area (Å²) in [6.07, 6.45) is 4.16. The Morgan fingerprint density at radius 1 is 1.12 bits per heavy atom. The molecule has 42 heavy (non-hydrogen) atoms. The fourth-order valence-corrected chi connectivity index (χ4v) is 6.79. The normalized spacial score (nSPS) is 14.0. The molecule has 4 aromatic rings. The number of methoxy groups -OCH3 is 1. The minimum absolute atomic E-state index is 0.153. The zero-order valence-electron chi connectivity index (χ0n) is 23.6. The molecule has 9 nitrogen and oxygen atoms in total. The Balaban J connectivity index is 1.32. The molecule has 0 radical (unpaired) electrons. The second-order valence-corrected chi connectivity index (χ2v) is 11.9. The lowest BCUT2D eigenvalue weighted by atomic mass is 10.0. The van der Waals surface area contributed by atoms with Gasteiger partial charge in [-0.1, -0.05) is 18.2 Å². The lowest BCUT2D eigenvalue weighted by Gasteiger charge is -2.29. The van der Waals surface area contributed by atoms with Crippen molar-refractivity contribution in [3.05, 3.63) is 66.4 Å². The van der Waals surface area contributed by atoms with E-state index in [2.05, 4.69) is 21.3 Å². The van der Waals surface area contributed by atoms with E-state index in [1.54, 1.807) is 20.4 Å². The summed E-state index contributed by atoms with van der Waals surface area (Å²) in [5.74, 6) is 1.90. The van der Waals surface area contributed by atoms with E-state index in [-0.39, 0.29) is 6.10 Å². The van der Waals surface area contributed by atoms with Gasteiger partial charge in [-0.2, -0.15) is 5.26 Å². The molecular formula is C31H33N5O4S2. The van der Waals surface area contributed by atoms with E-state index in [1.807, 2.05) is 54.6 Å². The largest absolute Gasteiger partial charge is 0.497 e. The van der Waals surface area contributed by atoms with E-state index in [4.69, 9.17) is 18.6 Å². The quantitative estimate of drug-likeness (QED) is 0.140. The molecule has 0 aliphatic carbocycles. The van der Waals surface area contributed by atoms with Crippen LogP contribution in [0, 0.1) is 11.3 Å². The van der Waals surface area contributed by atoms with Crippen LogP contribution in [0.4, 0.5) is 11.6 Å². The van der Waals surface area contributed by atoms with Crippen molar-refractivity contribution in [1.82, 2.24) is 14.9 Å². The zero-order chi connectivity index (χ0) is 29.3. The number of nitrogens with zero attached hydrogens (tertiary/aromatic N) is 4. The van der Waals surface area contributed by atoms with Crippen LogP contribution in [-0.2, 0) is 4.18 Å². The molecule has 0 spiro atoms. The molecule has 1 aliphatic heterocycles. The Kier molecular flexibility index (Phi) is 10.3. The predicted octanol–water partition coefficient (Wildman–Crippen LogP) is 6.38. The average molecular weight is 604 g/mol. The molecule has 2 N–H and O–H groups in total. The molecule has 0 saturated carbocycles. The molecule has 0 unspecified atom stereocenters. The van der Waals surface area contributed by atoms with Crippen LogP contribution in [0.2, 0.25) is 0 Å². The van der Waals surface area contributed by atoms with Gasteiger partial charge in [-0.3, -0.25) is 0 Å². The fourth-order valence-electron chi connectivity index (χ4n) is 4.84. The third-order valence-corrected chi connectivity index (χ3v) is 8.91. The van der Waals surface area contributed by atoms with Crippen LogP contribution in [0.5, 0.6) is 11.5 Å². The number of thiophene rings is 1. The number of nitriles is 1. The van der Waals surface area contributed by atoms with Crippen LogP contribution in [0.15, 0.2) is 65.0 Å². The van der Waals surface area contributed by atoms with Gasteiger partial charge in [0.05, 0.1) is 43.1 Å². The molecule has 2 aromatic carbocycles.